The standard InChI is InChI=1S/C18H29BN2O3/c1-14(2)5-4-10-21-11-8-17(9-12-21)20-18(22)15-6-3-7-16(13-15)19(23)24/h3,6-7,13-14,17,23-24H,4-5,8-12H2,1-2H3,(H,20,22). The van der Waals surface area contributed by atoms with Crippen LogP contribution in [-0.4, -0.2) is 53.6 Å². The summed E-state index contributed by atoms with van der Waals surface area (Å²) in [5, 5.41) is 21.5. The highest BCUT2D eigenvalue weighted by Crippen LogP contribution is 2.13. The lowest BCUT2D eigenvalue weighted by molar-refractivity contribution is 0.0910. The fourth-order valence-electron chi connectivity index (χ4n) is 3.13. The van der Waals surface area contributed by atoms with E-state index in [1.54, 1.807) is 18.2 Å². The number of carbonyl (C=O) groups excluding carboxylic acids is 1. The van der Waals surface area contributed by atoms with Gasteiger partial charge >= 0.3 is 7.12 Å². The third-order valence-corrected chi connectivity index (χ3v) is 4.63. The maximum absolute atomic E-state index is 12.3. The van der Waals surface area contributed by atoms with Gasteiger partial charge in [-0.2, -0.15) is 0 Å². The summed E-state index contributed by atoms with van der Waals surface area (Å²) in [5.41, 5.74) is 0.808. The first-order valence-electron chi connectivity index (χ1n) is 8.95. The molecule has 132 valence electrons. The van der Waals surface area contributed by atoms with E-state index in [2.05, 4.69) is 24.1 Å². The minimum Gasteiger partial charge on any atom is -0.423 e. The van der Waals surface area contributed by atoms with E-state index in [1.165, 1.54) is 18.9 Å². The highest BCUT2D eigenvalue weighted by Gasteiger charge is 2.21. The number of piperidine rings is 1. The Morgan fingerprint density at radius 1 is 1.33 bits per heavy atom. The molecule has 1 aliphatic rings. The molecule has 3 N–H and O–H groups in total. The molecule has 1 amide bonds. The van der Waals surface area contributed by atoms with Crippen molar-refractivity contribution in [2.24, 2.45) is 5.92 Å². The average molecular weight is 332 g/mol. The molecule has 1 aromatic rings. The van der Waals surface area contributed by atoms with Gasteiger partial charge in [-0.25, -0.2) is 0 Å². The molecule has 24 heavy (non-hydrogen) atoms. The van der Waals surface area contributed by atoms with Gasteiger partial charge in [0.15, 0.2) is 0 Å². The van der Waals surface area contributed by atoms with E-state index < -0.39 is 7.12 Å². The Morgan fingerprint density at radius 2 is 2.04 bits per heavy atom. The molecule has 0 atom stereocenters. The quantitative estimate of drug-likeness (QED) is 0.652. The molecule has 2 rings (SSSR count). The highest BCUT2D eigenvalue weighted by molar-refractivity contribution is 6.58. The van der Waals surface area contributed by atoms with Crippen molar-refractivity contribution in [2.45, 2.75) is 45.6 Å². The van der Waals surface area contributed by atoms with Gasteiger partial charge < -0.3 is 20.3 Å². The molecular weight excluding hydrogens is 303 g/mol. The number of hydrogen-bond donors (Lipinski definition) is 3. The molecule has 0 spiro atoms. The summed E-state index contributed by atoms with van der Waals surface area (Å²) >= 11 is 0. The van der Waals surface area contributed by atoms with Gasteiger partial charge in [0.2, 0.25) is 0 Å². The maximum Gasteiger partial charge on any atom is 0.488 e. The molecule has 0 aromatic heterocycles. The minimum absolute atomic E-state index is 0.143. The number of nitrogens with one attached hydrogen (secondary N) is 1. The number of amides is 1. The molecule has 6 heteroatoms. The van der Waals surface area contributed by atoms with Crippen LogP contribution < -0.4 is 10.8 Å². The number of benzene rings is 1. The van der Waals surface area contributed by atoms with Crippen molar-refractivity contribution >= 4 is 18.5 Å². The van der Waals surface area contributed by atoms with Crippen molar-refractivity contribution in [3.05, 3.63) is 29.8 Å². The van der Waals surface area contributed by atoms with Crippen molar-refractivity contribution < 1.29 is 14.8 Å². The average Bonchev–Trinajstić information content (AvgIpc) is 2.56. The second kappa shape index (κ2) is 9.21. The Hall–Kier alpha value is -1.37. The number of carbonyl (C=O) groups is 1. The van der Waals surface area contributed by atoms with Gasteiger partial charge in [0, 0.05) is 24.7 Å². The van der Waals surface area contributed by atoms with Crippen LogP contribution in [0, 0.1) is 5.92 Å². The van der Waals surface area contributed by atoms with Crippen molar-refractivity contribution in [2.75, 3.05) is 19.6 Å². The fraction of sp³-hybridized carbons (Fsp3) is 0.611. The SMILES string of the molecule is CC(C)CCCN1CCC(NC(=O)c2cccc(B(O)O)c2)CC1. The number of hydrogen-bond acceptors (Lipinski definition) is 4. The van der Waals surface area contributed by atoms with Gasteiger partial charge in [-0.05, 0) is 55.7 Å². The first-order valence-corrected chi connectivity index (χ1v) is 8.95. The zero-order valence-corrected chi connectivity index (χ0v) is 14.7. The van der Waals surface area contributed by atoms with E-state index in [4.69, 9.17) is 0 Å². The summed E-state index contributed by atoms with van der Waals surface area (Å²) in [4.78, 5) is 14.8. The Balaban J connectivity index is 1.77. The summed E-state index contributed by atoms with van der Waals surface area (Å²) in [6.07, 6.45) is 4.44. The largest absolute Gasteiger partial charge is 0.488 e. The summed E-state index contributed by atoms with van der Waals surface area (Å²) in [5.74, 6) is 0.616. The molecule has 0 aliphatic carbocycles. The van der Waals surface area contributed by atoms with E-state index in [0.29, 0.717) is 11.0 Å². The molecule has 1 heterocycles. The summed E-state index contributed by atoms with van der Waals surface area (Å²) < 4.78 is 0. The summed E-state index contributed by atoms with van der Waals surface area (Å²) in [6.45, 7) is 7.71. The van der Waals surface area contributed by atoms with Gasteiger partial charge in [-0.1, -0.05) is 26.0 Å². The van der Waals surface area contributed by atoms with Gasteiger partial charge in [0.25, 0.3) is 5.91 Å². The third kappa shape index (κ3) is 5.93. The normalized spacial score (nSPS) is 16.4. The van der Waals surface area contributed by atoms with Crippen LogP contribution >= 0.6 is 0 Å². The lowest BCUT2D eigenvalue weighted by atomic mass is 9.79. The molecule has 1 aromatic carbocycles. The summed E-state index contributed by atoms with van der Waals surface area (Å²) in [6, 6.07) is 6.68. The molecule has 1 saturated heterocycles. The van der Waals surface area contributed by atoms with Crippen molar-refractivity contribution in [3.63, 3.8) is 0 Å². The fourth-order valence-corrected chi connectivity index (χ4v) is 3.13. The maximum atomic E-state index is 12.3. The highest BCUT2D eigenvalue weighted by atomic mass is 16.4. The lowest BCUT2D eigenvalue weighted by Gasteiger charge is -2.32. The van der Waals surface area contributed by atoms with E-state index >= 15 is 0 Å². The molecule has 1 fully saturated rings. The van der Waals surface area contributed by atoms with Crippen LogP contribution in [-0.2, 0) is 0 Å². The lowest BCUT2D eigenvalue weighted by Crippen LogP contribution is -2.45. The summed E-state index contributed by atoms with van der Waals surface area (Å²) in [7, 11) is -1.55. The van der Waals surface area contributed by atoms with E-state index in [-0.39, 0.29) is 11.9 Å². The number of rotatable bonds is 7. The predicted molar refractivity (Wildman–Crippen MR) is 97.3 cm³/mol. The number of likely N-dealkylation sites (tertiary alicyclic amines) is 1. The first-order chi connectivity index (χ1) is 11.5. The van der Waals surface area contributed by atoms with Gasteiger partial charge in [-0.15, -0.1) is 0 Å². The Bertz CT molecular complexity index is 529. The van der Waals surface area contributed by atoms with Crippen molar-refractivity contribution in [3.8, 4) is 0 Å². The molecule has 0 saturated carbocycles. The van der Waals surface area contributed by atoms with E-state index in [1.807, 2.05) is 0 Å². The van der Waals surface area contributed by atoms with Crippen LogP contribution in [0.15, 0.2) is 24.3 Å². The predicted octanol–water partition coefficient (Wildman–Crippen LogP) is 0.997. The minimum atomic E-state index is -1.55. The van der Waals surface area contributed by atoms with Gasteiger partial charge in [0.05, 0.1) is 0 Å². The molecular formula is C18H29BN2O3. The molecule has 1 aliphatic heterocycles. The van der Waals surface area contributed by atoms with Crippen LogP contribution in [0.25, 0.3) is 0 Å². The van der Waals surface area contributed by atoms with Crippen molar-refractivity contribution in [1.29, 1.82) is 0 Å². The Kier molecular flexibility index (Phi) is 7.27. The second-order valence-corrected chi connectivity index (χ2v) is 7.12. The molecule has 5 nitrogen and oxygen atoms in total. The van der Waals surface area contributed by atoms with Crippen LogP contribution in [0.4, 0.5) is 0 Å². The van der Waals surface area contributed by atoms with E-state index in [9.17, 15) is 14.8 Å². The third-order valence-electron chi connectivity index (χ3n) is 4.63. The Morgan fingerprint density at radius 3 is 2.67 bits per heavy atom. The number of nitrogens with zero attached hydrogens (tertiary/aromatic N) is 1. The molecule has 0 radical (unpaired) electrons. The molecule has 0 bridgehead atoms. The van der Waals surface area contributed by atoms with Crippen LogP contribution in [0.1, 0.15) is 49.9 Å². The van der Waals surface area contributed by atoms with Crippen LogP contribution in [0.5, 0.6) is 0 Å². The smallest absolute Gasteiger partial charge is 0.423 e. The van der Waals surface area contributed by atoms with Crippen LogP contribution in [0.2, 0.25) is 0 Å². The zero-order valence-electron chi connectivity index (χ0n) is 14.7. The Labute approximate surface area is 145 Å². The van der Waals surface area contributed by atoms with Crippen LogP contribution in [0.3, 0.4) is 0 Å². The van der Waals surface area contributed by atoms with Gasteiger partial charge in [0.1, 0.15) is 0 Å². The van der Waals surface area contributed by atoms with E-state index in [0.717, 1.165) is 38.4 Å². The molecule has 0 unspecified atom stereocenters. The zero-order chi connectivity index (χ0) is 17.5. The van der Waals surface area contributed by atoms with Gasteiger partial charge in [-0.3, -0.25) is 4.79 Å². The monoisotopic (exact) mass is 332 g/mol. The first kappa shape index (κ1) is 19.0. The second-order valence-electron chi connectivity index (χ2n) is 7.12. The topological polar surface area (TPSA) is 72.8 Å². The van der Waals surface area contributed by atoms with Crippen molar-refractivity contribution in [1.82, 2.24) is 10.2 Å².